The summed E-state index contributed by atoms with van der Waals surface area (Å²) in [7, 11) is 3.22. The topological polar surface area (TPSA) is 90.0 Å². The van der Waals surface area contributed by atoms with E-state index in [9.17, 15) is 19.5 Å². The Labute approximate surface area is 118 Å². The van der Waals surface area contributed by atoms with Crippen LogP contribution in [0.3, 0.4) is 0 Å². The Morgan fingerprint density at radius 1 is 1.25 bits per heavy atom. The summed E-state index contributed by atoms with van der Waals surface area (Å²) in [6.07, 6.45) is 2.96. The van der Waals surface area contributed by atoms with Crippen LogP contribution in [0.4, 0.5) is 4.79 Å². The van der Waals surface area contributed by atoms with Crippen LogP contribution >= 0.6 is 0 Å². The van der Waals surface area contributed by atoms with Gasteiger partial charge in [0.15, 0.2) is 0 Å². The lowest BCUT2D eigenvalue weighted by Crippen LogP contribution is -2.54. The van der Waals surface area contributed by atoms with Gasteiger partial charge < -0.3 is 20.2 Å². The van der Waals surface area contributed by atoms with Gasteiger partial charge in [0.1, 0.15) is 12.1 Å². The van der Waals surface area contributed by atoms with E-state index in [4.69, 9.17) is 0 Å². The molecule has 1 aliphatic rings. The van der Waals surface area contributed by atoms with Gasteiger partial charge in [-0.2, -0.15) is 0 Å². The van der Waals surface area contributed by atoms with Gasteiger partial charge >= 0.3 is 12.0 Å². The Hall–Kier alpha value is -1.79. The van der Waals surface area contributed by atoms with Crippen molar-refractivity contribution in [1.29, 1.82) is 0 Å². The maximum atomic E-state index is 12.2. The van der Waals surface area contributed by atoms with E-state index in [1.165, 1.54) is 9.80 Å². The lowest BCUT2D eigenvalue weighted by atomic mass is 10.1. The zero-order valence-electron chi connectivity index (χ0n) is 12.3. The summed E-state index contributed by atoms with van der Waals surface area (Å²) in [5.41, 5.74) is 0. The summed E-state index contributed by atoms with van der Waals surface area (Å²) < 4.78 is 0. The van der Waals surface area contributed by atoms with Crippen LogP contribution in [-0.4, -0.2) is 65.5 Å². The number of carboxylic acid groups (broad SMARTS) is 1. The van der Waals surface area contributed by atoms with Crippen LogP contribution in [0, 0.1) is 0 Å². The van der Waals surface area contributed by atoms with E-state index < -0.39 is 24.1 Å². The molecule has 1 heterocycles. The number of nitrogens with one attached hydrogen (secondary N) is 1. The van der Waals surface area contributed by atoms with Crippen LogP contribution in [-0.2, 0) is 9.59 Å². The van der Waals surface area contributed by atoms with Gasteiger partial charge in [0.05, 0.1) is 0 Å². The Balaban J connectivity index is 2.72. The fourth-order valence-corrected chi connectivity index (χ4v) is 2.33. The Bertz CT molecular complexity index is 384. The maximum Gasteiger partial charge on any atom is 0.326 e. The third-order valence-electron chi connectivity index (χ3n) is 3.45. The van der Waals surface area contributed by atoms with E-state index >= 15 is 0 Å². The van der Waals surface area contributed by atoms with Crippen molar-refractivity contribution in [1.82, 2.24) is 15.1 Å². The first kappa shape index (κ1) is 16.3. The molecule has 1 saturated heterocycles. The van der Waals surface area contributed by atoms with E-state index in [0.717, 1.165) is 19.3 Å². The van der Waals surface area contributed by atoms with Crippen molar-refractivity contribution in [2.24, 2.45) is 0 Å². The molecule has 0 aliphatic carbocycles. The van der Waals surface area contributed by atoms with E-state index in [2.05, 4.69) is 5.32 Å². The van der Waals surface area contributed by atoms with Crippen molar-refractivity contribution >= 4 is 17.9 Å². The lowest BCUT2D eigenvalue weighted by molar-refractivity contribution is -0.142. The van der Waals surface area contributed by atoms with E-state index in [0.29, 0.717) is 13.0 Å². The van der Waals surface area contributed by atoms with Gasteiger partial charge in [0.2, 0.25) is 5.91 Å². The molecule has 3 amide bonds. The number of carboxylic acids is 1. The van der Waals surface area contributed by atoms with Crippen molar-refractivity contribution in [2.45, 2.75) is 44.7 Å². The largest absolute Gasteiger partial charge is 0.480 e. The molecule has 7 heteroatoms. The van der Waals surface area contributed by atoms with E-state index in [1.807, 2.05) is 0 Å². The van der Waals surface area contributed by atoms with Crippen molar-refractivity contribution in [2.75, 3.05) is 20.6 Å². The second-order valence-corrected chi connectivity index (χ2v) is 5.30. The molecule has 0 aromatic heterocycles. The number of nitrogens with zero attached hydrogens (tertiary/aromatic N) is 2. The van der Waals surface area contributed by atoms with Gasteiger partial charge in [-0.3, -0.25) is 4.79 Å². The third-order valence-corrected chi connectivity index (χ3v) is 3.45. The molecule has 0 aromatic rings. The van der Waals surface area contributed by atoms with Crippen molar-refractivity contribution in [3.8, 4) is 0 Å². The fourth-order valence-electron chi connectivity index (χ4n) is 2.33. The van der Waals surface area contributed by atoms with Crippen LogP contribution in [0.15, 0.2) is 0 Å². The van der Waals surface area contributed by atoms with Crippen LogP contribution < -0.4 is 5.32 Å². The highest BCUT2D eigenvalue weighted by Gasteiger charge is 2.32. The molecule has 2 atom stereocenters. The molecule has 2 N–H and O–H groups in total. The van der Waals surface area contributed by atoms with E-state index in [-0.39, 0.29) is 5.91 Å². The molecule has 20 heavy (non-hydrogen) atoms. The van der Waals surface area contributed by atoms with Crippen LogP contribution in [0.2, 0.25) is 0 Å². The number of carbonyl (C=O) groups is 3. The number of amides is 3. The first-order valence-corrected chi connectivity index (χ1v) is 6.85. The third kappa shape index (κ3) is 4.11. The van der Waals surface area contributed by atoms with E-state index in [1.54, 1.807) is 21.0 Å². The minimum atomic E-state index is -0.992. The minimum Gasteiger partial charge on any atom is -0.480 e. The number of carbonyl (C=O) groups excluding carboxylic acids is 2. The predicted molar refractivity (Wildman–Crippen MR) is 73.3 cm³/mol. The average Bonchev–Trinajstić information content (AvgIpc) is 2.62. The number of hydrogen-bond donors (Lipinski definition) is 2. The monoisotopic (exact) mass is 285 g/mol. The first-order valence-electron chi connectivity index (χ1n) is 6.85. The van der Waals surface area contributed by atoms with Crippen LogP contribution in [0.5, 0.6) is 0 Å². The highest BCUT2D eigenvalue weighted by molar-refractivity contribution is 5.88. The molecule has 0 bridgehead atoms. The van der Waals surface area contributed by atoms with Gasteiger partial charge in [0.25, 0.3) is 0 Å². The smallest absolute Gasteiger partial charge is 0.326 e. The lowest BCUT2D eigenvalue weighted by Gasteiger charge is -2.29. The van der Waals surface area contributed by atoms with Gasteiger partial charge in [-0.1, -0.05) is 12.8 Å². The molecule has 1 aliphatic heterocycles. The van der Waals surface area contributed by atoms with Crippen LogP contribution in [0.25, 0.3) is 0 Å². The number of aliphatic carboxylic acids is 1. The zero-order chi connectivity index (χ0) is 15.3. The minimum absolute atomic E-state index is 0.222. The molecular formula is C13H23N3O4. The van der Waals surface area contributed by atoms with Crippen LogP contribution in [0.1, 0.15) is 32.6 Å². The van der Waals surface area contributed by atoms with Gasteiger partial charge in [-0.15, -0.1) is 0 Å². The normalized spacial score (nSPS) is 20.8. The molecule has 0 spiro atoms. The quantitative estimate of drug-likeness (QED) is 0.790. The van der Waals surface area contributed by atoms with Crippen molar-refractivity contribution in [3.63, 3.8) is 0 Å². The predicted octanol–water partition coefficient (Wildman–Crippen LogP) is 0.502. The molecule has 7 nitrogen and oxygen atoms in total. The SMILES string of the molecule is CC(NC(=O)N1CCCCCC1C(=O)O)C(=O)N(C)C. The Morgan fingerprint density at radius 3 is 2.45 bits per heavy atom. The summed E-state index contributed by atoms with van der Waals surface area (Å²) in [6, 6.07) is -1.96. The molecule has 114 valence electrons. The standard InChI is InChI=1S/C13H23N3O4/c1-9(11(17)15(2)3)14-13(20)16-8-6-4-5-7-10(16)12(18)19/h9-10H,4-8H2,1-3H3,(H,14,20)(H,18,19). The van der Waals surface area contributed by atoms with Gasteiger partial charge in [-0.05, 0) is 19.8 Å². The molecule has 0 aromatic carbocycles. The molecule has 1 rings (SSSR count). The zero-order valence-corrected chi connectivity index (χ0v) is 12.3. The average molecular weight is 285 g/mol. The first-order chi connectivity index (χ1) is 9.34. The van der Waals surface area contributed by atoms with Gasteiger partial charge in [0, 0.05) is 20.6 Å². The number of likely N-dealkylation sites (tertiary alicyclic amines) is 1. The molecular weight excluding hydrogens is 262 g/mol. The summed E-state index contributed by atoms with van der Waals surface area (Å²) in [5.74, 6) is -1.21. The highest BCUT2D eigenvalue weighted by atomic mass is 16.4. The second-order valence-electron chi connectivity index (χ2n) is 5.30. The molecule has 1 fully saturated rings. The van der Waals surface area contributed by atoms with Crippen molar-refractivity contribution in [3.05, 3.63) is 0 Å². The molecule has 0 radical (unpaired) electrons. The highest BCUT2D eigenvalue weighted by Crippen LogP contribution is 2.17. The summed E-state index contributed by atoms with van der Waals surface area (Å²) in [4.78, 5) is 37.9. The maximum absolute atomic E-state index is 12.2. The fraction of sp³-hybridized carbons (Fsp3) is 0.769. The Morgan fingerprint density at radius 2 is 1.90 bits per heavy atom. The second kappa shape index (κ2) is 7.12. The summed E-state index contributed by atoms with van der Waals surface area (Å²) in [5, 5.41) is 11.8. The number of urea groups is 1. The summed E-state index contributed by atoms with van der Waals surface area (Å²) in [6.45, 7) is 2.00. The number of hydrogen-bond acceptors (Lipinski definition) is 3. The molecule has 0 saturated carbocycles. The van der Waals surface area contributed by atoms with Gasteiger partial charge in [-0.25, -0.2) is 9.59 Å². The Kier molecular flexibility index (Phi) is 5.79. The molecule has 2 unspecified atom stereocenters. The van der Waals surface area contributed by atoms with Crippen molar-refractivity contribution < 1.29 is 19.5 Å². The number of likely N-dealkylation sites (N-methyl/N-ethyl adjacent to an activating group) is 1. The summed E-state index contributed by atoms with van der Waals surface area (Å²) >= 11 is 0. The number of rotatable bonds is 3.